The molecule has 0 aliphatic heterocycles. The Labute approximate surface area is 118 Å². The number of rotatable bonds is 3. The van der Waals surface area contributed by atoms with Crippen molar-refractivity contribution in [2.75, 3.05) is 0 Å². The maximum Gasteiger partial charge on any atom is 0.573 e. The zero-order valence-corrected chi connectivity index (χ0v) is 11.2. The van der Waals surface area contributed by atoms with Gasteiger partial charge in [-0.05, 0) is 32.0 Å². The van der Waals surface area contributed by atoms with E-state index in [-0.39, 0.29) is 11.3 Å². The van der Waals surface area contributed by atoms with Gasteiger partial charge in [0.25, 0.3) is 0 Å². The number of aromatic nitrogens is 1. The molecule has 2 rings (SSSR count). The van der Waals surface area contributed by atoms with Crippen LogP contribution < -0.4 is 4.74 Å². The first-order valence-corrected chi connectivity index (χ1v) is 5.97. The number of hydrogen-bond acceptors (Lipinski definition) is 2. The van der Waals surface area contributed by atoms with Crippen molar-refractivity contribution in [1.29, 1.82) is 0 Å². The summed E-state index contributed by atoms with van der Waals surface area (Å²) in [5.74, 6) is -1.44. The molecule has 0 saturated heterocycles. The number of alkyl halides is 3. The van der Waals surface area contributed by atoms with Crippen LogP contribution in [0.4, 0.5) is 13.2 Å². The highest BCUT2D eigenvalue weighted by molar-refractivity contribution is 5.89. The van der Waals surface area contributed by atoms with Crippen LogP contribution in [0.2, 0.25) is 0 Å². The summed E-state index contributed by atoms with van der Waals surface area (Å²) >= 11 is 0. The summed E-state index contributed by atoms with van der Waals surface area (Å²) in [5, 5.41) is 9.07. The smallest absolute Gasteiger partial charge is 0.478 e. The van der Waals surface area contributed by atoms with E-state index in [0.29, 0.717) is 17.1 Å². The van der Waals surface area contributed by atoms with Crippen LogP contribution in [-0.2, 0) is 0 Å². The Hall–Kier alpha value is -2.44. The predicted octanol–water partition coefficient (Wildman–Crippen LogP) is 3.69. The maximum absolute atomic E-state index is 12.2. The molecule has 0 saturated carbocycles. The molecule has 1 aromatic carbocycles. The molecule has 1 aromatic heterocycles. The molecule has 7 heteroatoms. The fourth-order valence-corrected chi connectivity index (χ4v) is 2.20. The fraction of sp³-hybridized carbons (Fsp3) is 0.214. The lowest BCUT2D eigenvalue weighted by Crippen LogP contribution is -2.17. The molecule has 21 heavy (non-hydrogen) atoms. The number of hydrogen-bond donors (Lipinski definition) is 1. The summed E-state index contributed by atoms with van der Waals surface area (Å²) < 4.78 is 42.1. The van der Waals surface area contributed by atoms with E-state index in [9.17, 15) is 18.0 Å². The highest BCUT2D eigenvalue weighted by Crippen LogP contribution is 2.27. The van der Waals surface area contributed by atoms with Gasteiger partial charge in [0.05, 0.1) is 5.56 Å². The average Bonchev–Trinajstić information content (AvgIpc) is 2.63. The zero-order valence-electron chi connectivity index (χ0n) is 11.2. The third-order valence-electron chi connectivity index (χ3n) is 2.97. The van der Waals surface area contributed by atoms with E-state index in [2.05, 4.69) is 4.74 Å². The Kier molecular flexibility index (Phi) is 3.67. The number of carbonyl (C=O) groups is 1. The van der Waals surface area contributed by atoms with Gasteiger partial charge in [-0.15, -0.1) is 13.2 Å². The number of benzene rings is 1. The molecule has 0 spiro atoms. The van der Waals surface area contributed by atoms with Gasteiger partial charge in [0.15, 0.2) is 0 Å². The molecule has 0 bridgehead atoms. The van der Waals surface area contributed by atoms with E-state index in [4.69, 9.17) is 5.11 Å². The highest BCUT2D eigenvalue weighted by Gasteiger charge is 2.31. The minimum Gasteiger partial charge on any atom is -0.478 e. The lowest BCUT2D eigenvalue weighted by molar-refractivity contribution is -0.274. The number of aryl methyl sites for hydroxylation is 1. The van der Waals surface area contributed by atoms with Crippen molar-refractivity contribution < 1.29 is 27.8 Å². The van der Waals surface area contributed by atoms with Crippen LogP contribution in [0, 0.1) is 13.8 Å². The van der Waals surface area contributed by atoms with Gasteiger partial charge >= 0.3 is 12.3 Å². The Morgan fingerprint density at radius 2 is 1.90 bits per heavy atom. The molecule has 0 fully saturated rings. The van der Waals surface area contributed by atoms with Gasteiger partial charge in [-0.1, -0.05) is 6.07 Å². The van der Waals surface area contributed by atoms with Crippen LogP contribution in [0.1, 0.15) is 21.7 Å². The molecule has 0 atom stereocenters. The Balaban J connectivity index is 2.48. The number of ether oxygens (including phenoxy) is 1. The van der Waals surface area contributed by atoms with Crippen LogP contribution in [0.25, 0.3) is 5.69 Å². The molecule has 0 aliphatic rings. The molecule has 0 unspecified atom stereocenters. The summed E-state index contributed by atoms with van der Waals surface area (Å²) in [7, 11) is 0. The summed E-state index contributed by atoms with van der Waals surface area (Å²) in [6, 6.07) is 6.85. The first-order chi connectivity index (χ1) is 9.69. The summed E-state index contributed by atoms with van der Waals surface area (Å²) in [6.07, 6.45) is -4.77. The lowest BCUT2D eigenvalue weighted by atomic mass is 10.2. The Bertz CT molecular complexity index is 689. The standard InChI is InChI=1S/C14H12F3NO3/c1-8-6-12(13(19)20)9(2)18(8)10-4-3-5-11(7-10)21-14(15,16)17/h3-7H,1-2H3,(H,19,20). The highest BCUT2D eigenvalue weighted by atomic mass is 19.4. The van der Waals surface area contributed by atoms with Crippen LogP contribution in [0.3, 0.4) is 0 Å². The first kappa shape index (κ1) is 15.0. The number of halogens is 3. The number of carboxylic acids is 1. The number of nitrogens with zero attached hydrogens (tertiary/aromatic N) is 1. The van der Waals surface area contributed by atoms with Crippen molar-refractivity contribution >= 4 is 5.97 Å². The van der Waals surface area contributed by atoms with E-state index in [0.717, 1.165) is 0 Å². The van der Waals surface area contributed by atoms with Gasteiger partial charge in [0.2, 0.25) is 0 Å². The van der Waals surface area contributed by atoms with Crippen molar-refractivity contribution in [1.82, 2.24) is 4.57 Å². The molecule has 1 N–H and O–H groups in total. The molecule has 1 heterocycles. The number of carboxylic acid groups (broad SMARTS) is 1. The van der Waals surface area contributed by atoms with Gasteiger partial charge in [0.1, 0.15) is 5.75 Å². The molecule has 0 aliphatic carbocycles. The molecular weight excluding hydrogens is 287 g/mol. The fourth-order valence-electron chi connectivity index (χ4n) is 2.20. The monoisotopic (exact) mass is 299 g/mol. The van der Waals surface area contributed by atoms with Gasteiger partial charge in [0, 0.05) is 23.1 Å². The van der Waals surface area contributed by atoms with Crippen LogP contribution in [-0.4, -0.2) is 22.0 Å². The lowest BCUT2D eigenvalue weighted by Gasteiger charge is -2.13. The van der Waals surface area contributed by atoms with Gasteiger partial charge in [-0.25, -0.2) is 4.79 Å². The predicted molar refractivity (Wildman–Crippen MR) is 68.9 cm³/mol. The molecule has 0 radical (unpaired) electrons. The van der Waals surface area contributed by atoms with Crippen LogP contribution in [0.5, 0.6) is 5.75 Å². The molecular formula is C14H12F3NO3. The largest absolute Gasteiger partial charge is 0.573 e. The van der Waals surface area contributed by atoms with Crippen molar-refractivity contribution in [3.63, 3.8) is 0 Å². The number of aromatic carboxylic acids is 1. The third-order valence-corrected chi connectivity index (χ3v) is 2.97. The maximum atomic E-state index is 12.2. The Morgan fingerprint density at radius 3 is 2.43 bits per heavy atom. The second-order valence-corrected chi connectivity index (χ2v) is 4.47. The second-order valence-electron chi connectivity index (χ2n) is 4.47. The van der Waals surface area contributed by atoms with Crippen LogP contribution in [0.15, 0.2) is 30.3 Å². The zero-order chi connectivity index (χ0) is 15.8. The van der Waals surface area contributed by atoms with Crippen molar-refractivity contribution in [3.8, 4) is 11.4 Å². The molecule has 2 aromatic rings. The van der Waals surface area contributed by atoms with Gasteiger partial charge < -0.3 is 14.4 Å². The quantitative estimate of drug-likeness (QED) is 0.940. The minimum absolute atomic E-state index is 0.106. The SMILES string of the molecule is Cc1cc(C(=O)O)c(C)n1-c1cccc(OC(F)(F)F)c1. The summed E-state index contributed by atoms with van der Waals surface area (Å²) in [6.45, 7) is 3.27. The second kappa shape index (κ2) is 5.16. The average molecular weight is 299 g/mol. The molecule has 0 amide bonds. The van der Waals surface area contributed by atoms with Gasteiger partial charge in [-0.3, -0.25) is 0 Å². The summed E-state index contributed by atoms with van der Waals surface area (Å²) in [4.78, 5) is 11.1. The van der Waals surface area contributed by atoms with Crippen molar-refractivity contribution in [2.45, 2.75) is 20.2 Å². The topological polar surface area (TPSA) is 51.5 Å². The van der Waals surface area contributed by atoms with Crippen molar-refractivity contribution in [3.05, 3.63) is 47.3 Å². The van der Waals surface area contributed by atoms with E-state index in [1.54, 1.807) is 24.5 Å². The molecule has 112 valence electrons. The Morgan fingerprint density at radius 1 is 1.24 bits per heavy atom. The van der Waals surface area contributed by atoms with E-state index in [1.807, 2.05) is 0 Å². The normalized spacial score (nSPS) is 11.5. The van der Waals surface area contributed by atoms with E-state index < -0.39 is 12.3 Å². The van der Waals surface area contributed by atoms with E-state index >= 15 is 0 Å². The van der Waals surface area contributed by atoms with E-state index in [1.165, 1.54) is 24.3 Å². The van der Waals surface area contributed by atoms with Crippen molar-refractivity contribution in [2.24, 2.45) is 0 Å². The van der Waals surface area contributed by atoms with Crippen LogP contribution >= 0.6 is 0 Å². The third kappa shape index (κ3) is 3.18. The summed E-state index contributed by atoms with van der Waals surface area (Å²) in [5.41, 5.74) is 1.55. The molecule has 4 nitrogen and oxygen atoms in total. The minimum atomic E-state index is -4.77. The first-order valence-electron chi connectivity index (χ1n) is 5.97. The van der Waals surface area contributed by atoms with Gasteiger partial charge in [-0.2, -0.15) is 0 Å².